The lowest BCUT2D eigenvalue weighted by Gasteiger charge is -2.35. The van der Waals surface area contributed by atoms with Gasteiger partial charge >= 0.3 is 5.97 Å². The van der Waals surface area contributed by atoms with Crippen LogP contribution in [0.2, 0.25) is 0 Å². The zero-order valence-corrected chi connectivity index (χ0v) is 26.7. The van der Waals surface area contributed by atoms with E-state index in [0.717, 1.165) is 25.7 Å². The minimum Gasteiger partial charge on any atom is -0.481 e. The zero-order chi connectivity index (χ0) is 32.8. The maximum Gasteiger partial charge on any atom is 0.308 e. The van der Waals surface area contributed by atoms with Crippen molar-refractivity contribution in [3.63, 3.8) is 0 Å². The Morgan fingerprint density at radius 2 is 1.85 bits per heavy atom. The second-order valence-corrected chi connectivity index (χ2v) is 12.2. The Morgan fingerprint density at radius 3 is 2.50 bits per heavy atom. The number of carboxylic acids is 1. The monoisotopic (exact) mass is 634 g/mol. The molecule has 0 aliphatic carbocycles. The minimum atomic E-state index is -0.969. The number of benzene rings is 2. The summed E-state index contributed by atoms with van der Waals surface area (Å²) in [5.74, 6) is -1.28. The van der Waals surface area contributed by atoms with E-state index in [1.807, 2.05) is 4.90 Å². The highest BCUT2D eigenvalue weighted by Gasteiger charge is 2.48. The van der Waals surface area contributed by atoms with Crippen LogP contribution in [0.5, 0.6) is 11.5 Å². The number of rotatable bonds is 14. The first kappa shape index (κ1) is 33.3. The quantitative estimate of drug-likeness (QED) is 0.245. The fourth-order valence-electron chi connectivity index (χ4n) is 7.02. The van der Waals surface area contributed by atoms with E-state index in [-0.39, 0.29) is 37.7 Å². The summed E-state index contributed by atoms with van der Waals surface area (Å²) in [4.78, 5) is 39.9. The predicted octanol–water partition coefficient (Wildman–Crippen LogP) is 5.25. The standard InChI is InChI=1S/C35H43FN4O6/c1-4-7-25(8-5-2)40(26-9-10-28(36)22(3)15-26)32(42)19-39-18-27(23-16-24(20-41)34-30(17-23)45-21-46-34)33(35(43)44)29(39)11-12-31-37-13-6-14-38-31/h6,9-10,13-17,25,27,29,33,41H,4-5,7-8,11-12,18-21H2,1-3H3,(H,43,44)/t27-,29+,33-/m1/s1. The Labute approximate surface area is 269 Å². The van der Waals surface area contributed by atoms with Gasteiger partial charge in [0.1, 0.15) is 11.6 Å². The molecule has 2 N–H and O–H groups in total. The molecule has 1 aromatic heterocycles. The Kier molecular flexibility index (Phi) is 10.9. The van der Waals surface area contributed by atoms with Crippen molar-refractivity contribution in [1.29, 1.82) is 0 Å². The Balaban J connectivity index is 1.52. The van der Waals surface area contributed by atoms with Gasteiger partial charge in [-0.05, 0) is 73.7 Å². The molecule has 0 spiro atoms. The molecular formula is C35H43FN4O6. The molecule has 1 amide bonds. The van der Waals surface area contributed by atoms with Crippen molar-refractivity contribution in [2.45, 2.75) is 83.9 Å². The normalized spacial score (nSPS) is 19.1. The minimum absolute atomic E-state index is 0.0155. The molecule has 0 unspecified atom stereocenters. The number of aromatic nitrogens is 2. The first-order valence-electron chi connectivity index (χ1n) is 16.1. The number of carbonyl (C=O) groups excluding carboxylic acids is 1. The zero-order valence-electron chi connectivity index (χ0n) is 26.7. The number of carbonyl (C=O) groups is 2. The molecule has 5 rings (SSSR count). The van der Waals surface area contributed by atoms with E-state index in [1.165, 1.54) is 6.07 Å². The van der Waals surface area contributed by atoms with Crippen molar-refractivity contribution >= 4 is 17.6 Å². The van der Waals surface area contributed by atoms with E-state index in [1.54, 1.807) is 54.5 Å². The summed E-state index contributed by atoms with van der Waals surface area (Å²) in [5.41, 5.74) is 2.33. The van der Waals surface area contributed by atoms with Gasteiger partial charge in [-0.25, -0.2) is 14.4 Å². The van der Waals surface area contributed by atoms with Crippen LogP contribution in [0.25, 0.3) is 0 Å². The maximum atomic E-state index is 14.4. The summed E-state index contributed by atoms with van der Waals surface area (Å²) >= 11 is 0. The summed E-state index contributed by atoms with van der Waals surface area (Å²) in [6.45, 7) is 5.87. The number of halogens is 1. The highest BCUT2D eigenvalue weighted by Crippen LogP contribution is 2.45. The molecule has 2 aliphatic rings. The predicted molar refractivity (Wildman–Crippen MR) is 170 cm³/mol. The van der Waals surface area contributed by atoms with Gasteiger partial charge < -0.3 is 24.6 Å². The van der Waals surface area contributed by atoms with E-state index in [9.17, 15) is 24.2 Å². The summed E-state index contributed by atoms with van der Waals surface area (Å²) in [6.07, 6.45) is 7.48. The maximum absolute atomic E-state index is 14.4. The molecule has 2 aliphatic heterocycles. The second-order valence-electron chi connectivity index (χ2n) is 12.2. The van der Waals surface area contributed by atoms with Gasteiger partial charge in [-0.2, -0.15) is 0 Å². The lowest BCUT2D eigenvalue weighted by Crippen LogP contribution is -2.48. The van der Waals surface area contributed by atoms with Gasteiger partial charge in [0.25, 0.3) is 0 Å². The number of aliphatic hydroxyl groups is 1. The topological polar surface area (TPSA) is 125 Å². The number of aryl methyl sites for hydroxylation is 2. The van der Waals surface area contributed by atoms with Crippen LogP contribution in [0.15, 0.2) is 48.8 Å². The van der Waals surface area contributed by atoms with Crippen LogP contribution >= 0.6 is 0 Å². The molecule has 246 valence electrons. The van der Waals surface area contributed by atoms with Gasteiger partial charge in [-0.3, -0.25) is 14.5 Å². The second kappa shape index (κ2) is 15.0. The van der Waals surface area contributed by atoms with Gasteiger partial charge in [0, 0.05) is 54.6 Å². The van der Waals surface area contributed by atoms with Crippen molar-refractivity contribution in [2.75, 3.05) is 24.8 Å². The van der Waals surface area contributed by atoms with Crippen LogP contribution in [-0.4, -0.2) is 68.9 Å². The van der Waals surface area contributed by atoms with Gasteiger partial charge in [0.15, 0.2) is 11.5 Å². The van der Waals surface area contributed by atoms with Crippen LogP contribution in [0, 0.1) is 18.7 Å². The molecule has 1 saturated heterocycles. The molecule has 1 fully saturated rings. The number of ether oxygens (including phenoxy) is 2. The van der Waals surface area contributed by atoms with Crippen LogP contribution in [0.3, 0.4) is 0 Å². The largest absolute Gasteiger partial charge is 0.481 e. The van der Waals surface area contributed by atoms with E-state index in [4.69, 9.17) is 9.47 Å². The molecule has 0 radical (unpaired) electrons. The summed E-state index contributed by atoms with van der Waals surface area (Å²) < 4.78 is 25.5. The van der Waals surface area contributed by atoms with Gasteiger partial charge in [0.05, 0.1) is 19.1 Å². The molecule has 2 aromatic carbocycles. The number of hydrogen-bond acceptors (Lipinski definition) is 8. The first-order chi connectivity index (χ1) is 22.2. The average Bonchev–Trinajstić information content (AvgIpc) is 3.67. The van der Waals surface area contributed by atoms with Crippen LogP contribution in [0.1, 0.15) is 74.4 Å². The van der Waals surface area contributed by atoms with Crippen LogP contribution in [-0.2, 0) is 22.6 Å². The number of likely N-dealkylation sites (tertiary alicyclic amines) is 1. The molecule has 3 aromatic rings. The summed E-state index contributed by atoms with van der Waals surface area (Å²) in [5, 5.41) is 20.7. The average molecular weight is 635 g/mol. The number of amides is 1. The van der Waals surface area contributed by atoms with E-state index in [0.29, 0.717) is 59.1 Å². The van der Waals surface area contributed by atoms with E-state index >= 15 is 0 Å². The molecule has 0 bridgehead atoms. The van der Waals surface area contributed by atoms with Crippen molar-refractivity contribution in [2.24, 2.45) is 5.92 Å². The van der Waals surface area contributed by atoms with E-state index < -0.39 is 23.8 Å². The lowest BCUT2D eigenvalue weighted by molar-refractivity contribution is -0.143. The highest BCUT2D eigenvalue weighted by atomic mass is 19.1. The number of fused-ring (bicyclic) bond motifs is 1. The number of nitrogens with zero attached hydrogens (tertiary/aromatic N) is 4. The molecule has 46 heavy (non-hydrogen) atoms. The summed E-state index contributed by atoms with van der Waals surface area (Å²) in [6, 6.07) is 9.47. The highest BCUT2D eigenvalue weighted by molar-refractivity contribution is 5.95. The van der Waals surface area contributed by atoms with E-state index in [2.05, 4.69) is 23.8 Å². The number of carboxylic acid groups (broad SMARTS) is 1. The smallest absolute Gasteiger partial charge is 0.308 e. The van der Waals surface area contributed by atoms with Gasteiger partial charge in [-0.1, -0.05) is 26.7 Å². The Hall–Kier alpha value is -4.09. The third kappa shape index (κ3) is 7.15. The molecule has 3 atom stereocenters. The number of hydrogen-bond donors (Lipinski definition) is 2. The number of anilines is 1. The SMILES string of the molecule is CCCC(CCC)N(C(=O)CN1C[C@H](c2cc(CO)c3c(c2)OCO3)[C@@H](C(=O)O)[C@@H]1CCc1ncccn1)c1ccc(F)c(C)c1. The first-order valence-corrected chi connectivity index (χ1v) is 16.1. The lowest BCUT2D eigenvalue weighted by atomic mass is 9.83. The Bertz CT molecular complexity index is 1520. The van der Waals surface area contributed by atoms with Crippen molar-refractivity contribution in [3.8, 4) is 11.5 Å². The number of aliphatic hydroxyl groups excluding tert-OH is 1. The molecule has 11 heteroatoms. The number of aliphatic carboxylic acids is 1. The Morgan fingerprint density at radius 1 is 1.11 bits per heavy atom. The van der Waals surface area contributed by atoms with Gasteiger partial charge in [0.2, 0.25) is 12.7 Å². The van der Waals surface area contributed by atoms with Crippen molar-refractivity contribution in [3.05, 3.63) is 77.1 Å². The van der Waals surface area contributed by atoms with Crippen molar-refractivity contribution < 1.29 is 33.7 Å². The fourth-order valence-corrected chi connectivity index (χ4v) is 7.02. The van der Waals surface area contributed by atoms with Gasteiger partial charge in [-0.15, -0.1) is 0 Å². The summed E-state index contributed by atoms with van der Waals surface area (Å²) in [7, 11) is 0. The third-order valence-electron chi connectivity index (χ3n) is 9.12. The molecule has 3 heterocycles. The van der Waals surface area contributed by atoms with Crippen LogP contribution in [0.4, 0.5) is 10.1 Å². The molecule has 10 nitrogen and oxygen atoms in total. The fraction of sp³-hybridized carbons (Fsp3) is 0.486. The third-order valence-corrected chi connectivity index (χ3v) is 9.12. The molecule has 0 saturated carbocycles. The van der Waals surface area contributed by atoms with Crippen molar-refractivity contribution in [1.82, 2.24) is 14.9 Å². The molecular weight excluding hydrogens is 591 g/mol. The van der Waals surface area contributed by atoms with Crippen LogP contribution < -0.4 is 14.4 Å².